The third-order valence-corrected chi connectivity index (χ3v) is 3.63. The van der Waals surface area contributed by atoms with Crippen molar-refractivity contribution in [2.45, 2.75) is 19.0 Å². The molecule has 0 aliphatic rings. The predicted octanol–water partition coefficient (Wildman–Crippen LogP) is 1.72. The molecule has 0 aliphatic heterocycles. The van der Waals surface area contributed by atoms with E-state index in [9.17, 15) is 14.7 Å². The highest BCUT2D eigenvalue weighted by Gasteiger charge is 2.20. The number of anilines is 2. The summed E-state index contributed by atoms with van der Waals surface area (Å²) in [5, 5.41) is 14.9. The zero-order chi connectivity index (χ0) is 18.2. The Morgan fingerprint density at radius 3 is 2.48 bits per heavy atom. The first-order valence-electron chi connectivity index (χ1n) is 7.88. The molecule has 1 aromatic heterocycles. The largest absolute Gasteiger partial charge is 0.480 e. The summed E-state index contributed by atoms with van der Waals surface area (Å²) in [6.45, 7) is 0.329. The number of hydrogen-bond acceptors (Lipinski definition) is 5. The fraction of sp³-hybridized carbons (Fsp3) is 0.278. The molecule has 7 nitrogen and oxygen atoms in total. The van der Waals surface area contributed by atoms with Crippen LogP contribution in [0.15, 0.2) is 48.8 Å². The van der Waals surface area contributed by atoms with Gasteiger partial charge >= 0.3 is 5.97 Å². The third-order valence-electron chi connectivity index (χ3n) is 3.63. The van der Waals surface area contributed by atoms with Crippen LogP contribution in [-0.4, -0.2) is 42.1 Å². The van der Waals surface area contributed by atoms with E-state index < -0.39 is 12.0 Å². The highest BCUT2D eigenvalue weighted by molar-refractivity contribution is 5.94. The average molecular weight is 342 g/mol. The van der Waals surface area contributed by atoms with E-state index >= 15 is 0 Å². The number of benzene rings is 1. The highest BCUT2D eigenvalue weighted by Crippen LogP contribution is 2.16. The minimum atomic E-state index is -1.07. The van der Waals surface area contributed by atoms with Crippen LogP contribution in [0, 0.1) is 0 Å². The van der Waals surface area contributed by atoms with E-state index in [1.165, 1.54) is 0 Å². The summed E-state index contributed by atoms with van der Waals surface area (Å²) in [6, 6.07) is 9.97. The molecule has 0 unspecified atom stereocenters. The van der Waals surface area contributed by atoms with Gasteiger partial charge in [-0.25, -0.2) is 0 Å². The maximum absolute atomic E-state index is 12.1. The van der Waals surface area contributed by atoms with E-state index in [2.05, 4.69) is 15.6 Å². The lowest BCUT2D eigenvalue weighted by Gasteiger charge is -2.15. The van der Waals surface area contributed by atoms with Gasteiger partial charge in [-0.05, 0) is 35.9 Å². The molecule has 0 aliphatic carbocycles. The van der Waals surface area contributed by atoms with E-state index in [1.54, 1.807) is 30.6 Å². The van der Waals surface area contributed by atoms with E-state index in [4.69, 9.17) is 0 Å². The van der Waals surface area contributed by atoms with Crippen molar-refractivity contribution < 1.29 is 14.7 Å². The molecule has 2 rings (SSSR count). The molecular weight excluding hydrogens is 320 g/mol. The van der Waals surface area contributed by atoms with Crippen molar-refractivity contribution >= 4 is 23.3 Å². The Balaban J connectivity index is 1.90. The maximum Gasteiger partial charge on any atom is 0.321 e. The lowest BCUT2D eigenvalue weighted by Crippen LogP contribution is -2.39. The summed E-state index contributed by atoms with van der Waals surface area (Å²) in [5.41, 5.74) is 2.50. The van der Waals surface area contributed by atoms with Gasteiger partial charge in [-0.3, -0.25) is 19.9 Å². The van der Waals surface area contributed by atoms with Gasteiger partial charge in [0, 0.05) is 44.4 Å². The molecule has 7 heteroatoms. The van der Waals surface area contributed by atoms with Crippen LogP contribution < -0.4 is 15.5 Å². The molecule has 0 fully saturated rings. The summed E-state index contributed by atoms with van der Waals surface area (Å²) in [4.78, 5) is 29.4. The Morgan fingerprint density at radius 2 is 1.92 bits per heavy atom. The van der Waals surface area contributed by atoms with Crippen molar-refractivity contribution in [1.29, 1.82) is 0 Å². The van der Waals surface area contributed by atoms with Crippen molar-refractivity contribution in [3.8, 4) is 0 Å². The molecular formula is C18H22N4O3. The molecule has 1 aromatic carbocycles. The van der Waals surface area contributed by atoms with Crippen molar-refractivity contribution in [3.05, 3.63) is 54.4 Å². The van der Waals surface area contributed by atoms with Crippen LogP contribution in [-0.2, 0) is 16.1 Å². The SMILES string of the molecule is CN(C)c1ccc(NC(=O)C[C@H](NCc2cccnc2)C(=O)O)cc1. The molecule has 1 heterocycles. The van der Waals surface area contributed by atoms with Crippen molar-refractivity contribution in [1.82, 2.24) is 10.3 Å². The normalized spacial score (nSPS) is 11.6. The molecule has 1 amide bonds. The van der Waals surface area contributed by atoms with Crippen LogP contribution in [0.25, 0.3) is 0 Å². The minimum absolute atomic E-state index is 0.162. The smallest absolute Gasteiger partial charge is 0.321 e. The van der Waals surface area contributed by atoms with Gasteiger partial charge in [0.2, 0.25) is 5.91 Å². The number of carboxylic acids is 1. The minimum Gasteiger partial charge on any atom is -0.480 e. The fourth-order valence-electron chi connectivity index (χ4n) is 2.23. The number of rotatable bonds is 8. The second-order valence-electron chi connectivity index (χ2n) is 5.83. The Labute approximate surface area is 146 Å². The molecule has 2 aromatic rings. The first-order valence-corrected chi connectivity index (χ1v) is 7.88. The molecule has 1 atom stereocenters. The van der Waals surface area contributed by atoms with Crippen LogP contribution in [0.4, 0.5) is 11.4 Å². The quantitative estimate of drug-likeness (QED) is 0.676. The van der Waals surface area contributed by atoms with E-state index in [0.29, 0.717) is 12.2 Å². The van der Waals surface area contributed by atoms with Gasteiger partial charge in [0.15, 0.2) is 0 Å². The van der Waals surface area contributed by atoms with Crippen LogP contribution in [0.2, 0.25) is 0 Å². The standard InChI is InChI=1S/C18H22N4O3/c1-22(2)15-7-5-14(6-8-15)21-17(23)10-16(18(24)25)20-12-13-4-3-9-19-11-13/h3-9,11,16,20H,10,12H2,1-2H3,(H,21,23)(H,24,25)/t16-/m0/s1. The van der Waals surface area contributed by atoms with Crippen molar-refractivity contribution in [2.75, 3.05) is 24.3 Å². The maximum atomic E-state index is 12.1. The monoisotopic (exact) mass is 342 g/mol. The van der Waals surface area contributed by atoms with Crippen LogP contribution in [0.5, 0.6) is 0 Å². The number of pyridine rings is 1. The lowest BCUT2D eigenvalue weighted by molar-refractivity contribution is -0.141. The molecule has 0 bridgehead atoms. The molecule has 0 spiro atoms. The number of amides is 1. The topological polar surface area (TPSA) is 94.6 Å². The zero-order valence-corrected chi connectivity index (χ0v) is 14.3. The van der Waals surface area contributed by atoms with Gasteiger partial charge in [0.25, 0.3) is 0 Å². The summed E-state index contributed by atoms with van der Waals surface area (Å²) >= 11 is 0. The number of carboxylic acid groups (broad SMARTS) is 1. The summed E-state index contributed by atoms with van der Waals surface area (Å²) < 4.78 is 0. The summed E-state index contributed by atoms with van der Waals surface area (Å²) in [6.07, 6.45) is 3.14. The number of hydrogen-bond donors (Lipinski definition) is 3. The van der Waals surface area contributed by atoms with Crippen LogP contribution >= 0.6 is 0 Å². The number of aromatic nitrogens is 1. The first-order chi connectivity index (χ1) is 12.0. The number of carbonyl (C=O) groups is 2. The van der Waals surface area contributed by atoms with Crippen molar-refractivity contribution in [2.24, 2.45) is 0 Å². The van der Waals surface area contributed by atoms with E-state index in [0.717, 1.165) is 11.3 Å². The number of aliphatic carboxylic acids is 1. The van der Waals surface area contributed by atoms with Crippen LogP contribution in [0.1, 0.15) is 12.0 Å². The van der Waals surface area contributed by atoms with Gasteiger partial charge in [-0.15, -0.1) is 0 Å². The van der Waals surface area contributed by atoms with Gasteiger partial charge < -0.3 is 15.3 Å². The van der Waals surface area contributed by atoms with Gasteiger partial charge in [0.05, 0.1) is 6.42 Å². The average Bonchev–Trinajstić information content (AvgIpc) is 2.59. The van der Waals surface area contributed by atoms with Crippen LogP contribution in [0.3, 0.4) is 0 Å². The van der Waals surface area contributed by atoms with Crippen molar-refractivity contribution in [3.63, 3.8) is 0 Å². The van der Waals surface area contributed by atoms with Gasteiger partial charge in [0.1, 0.15) is 6.04 Å². The molecule has 0 saturated heterocycles. The predicted molar refractivity (Wildman–Crippen MR) is 96.5 cm³/mol. The molecule has 3 N–H and O–H groups in total. The van der Waals surface area contributed by atoms with E-state index in [-0.39, 0.29) is 12.3 Å². The Kier molecular flexibility index (Phi) is 6.47. The number of nitrogens with one attached hydrogen (secondary N) is 2. The second-order valence-corrected chi connectivity index (χ2v) is 5.83. The van der Waals surface area contributed by atoms with Gasteiger partial charge in [-0.2, -0.15) is 0 Å². The Hall–Kier alpha value is -2.93. The molecule has 0 saturated carbocycles. The number of carbonyl (C=O) groups excluding carboxylic acids is 1. The molecule has 25 heavy (non-hydrogen) atoms. The highest BCUT2D eigenvalue weighted by atomic mass is 16.4. The lowest BCUT2D eigenvalue weighted by atomic mass is 10.1. The zero-order valence-electron chi connectivity index (χ0n) is 14.3. The molecule has 0 radical (unpaired) electrons. The van der Waals surface area contributed by atoms with E-state index in [1.807, 2.05) is 37.2 Å². The van der Waals surface area contributed by atoms with Gasteiger partial charge in [-0.1, -0.05) is 6.07 Å². The Morgan fingerprint density at radius 1 is 1.20 bits per heavy atom. The second kappa shape index (κ2) is 8.79. The summed E-state index contributed by atoms with van der Waals surface area (Å²) in [5.74, 6) is -1.43. The fourth-order valence-corrected chi connectivity index (χ4v) is 2.23. The molecule has 132 valence electrons. The third kappa shape index (κ3) is 5.89. The first kappa shape index (κ1) is 18.4. The number of nitrogens with zero attached hydrogens (tertiary/aromatic N) is 2. The Bertz CT molecular complexity index is 702. The summed E-state index contributed by atoms with van der Waals surface area (Å²) in [7, 11) is 3.86.